The van der Waals surface area contributed by atoms with E-state index in [0.29, 0.717) is 0 Å². The molecule has 2 atom stereocenters. The van der Waals surface area contributed by atoms with E-state index in [-0.39, 0.29) is 12.0 Å². The van der Waals surface area contributed by atoms with Crippen LogP contribution in [0.15, 0.2) is 158 Å². The highest BCUT2D eigenvalue weighted by atomic mass is 15.2. The lowest BCUT2D eigenvalue weighted by Crippen LogP contribution is -2.37. The van der Waals surface area contributed by atoms with Gasteiger partial charge in [0, 0.05) is 65.1 Å². The molecular formula is C48H34N6. The van der Waals surface area contributed by atoms with Crippen LogP contribution in [-0.4, -0.2) is 30.5 Å². The van der Waals surface area contributed by atoms with Gasteiger partial charge in [-0.15, -0.1) is 0 Å². The van der Waals surface area contributed by atoms with Crippen molar-refractivity contribution in [2.24, 2.45) is 0 Å². The fraction of sp³-hybridized carbons (Fsp3) is 0.125. The van der Waals surface area contributed by atoms with Gasteiger partial charge in [-0.1, -0.05) is 42.5 Å². The summed E-state index contributed by atoms with van der Waals surface area (Å²) in [4.78, 5) is 21.3. The molecule has 0 N–H and O–H groups in total. The van der Waals surface area contributed by atoms with Crippen molar-refractivity contribution >= 4 is 38.9 Å². The van der Waals surface area contributed by atoms with E-state index in [1.165, 1.54) is 72.0 Å². The first-order valence-electron chi connectivity index (χ1n) is 18.9. The van der Waals surface area contributed by atoms with Crippen molar-refractivity contribution in [3.63, 3.8) is 0 Å². The summed E-state index contributed by atoms with van der Waals surface area (Å²) < 4.78 is 2.42. The lowest BCUT2D eigenvalue weighted by Gasteiger charge is -2.41. The molecular weight excluding hydrogens is 661 g/mol. The molecule has 2 unspecified atom stereocenters. The van der Waals surface area contributed by atoms with Crippen molar-refractivity contribution in [1.82, 2.24) is 24.5 Å². The smallest absolute Gasteiger partial charge is 0.137 e. The summed E-state index contributed by atoms with van der Waals surface area (Å²) in [5.41, 5.74) is 18.7. The Labute approximate surface area is 312 Å². The molecule has 4 aliphatic rings. The van der Waals surface area contributed by atoms with Crippen molar-refractivity contribution < 1.29 is 0 Å². The maximum Gasteiger partial charge on any atom is 0.137 e. The van der Waals surface area contributed by atoms with Gasteiger partial charge in [0.25, 0.3) is 0 Å². The van der Waals surface area contributed by atoms with Gasteiger partial charge in [0.1, 0.15) is 11.6 Å². The largest absolute Gasteiger partial charge is 0.318 e. The van der Waals surface area contributed by atoms with Gasteiger partial charge in [0.15, 0.2) is 0 Å². The number of aromatic nitrogens is 5. The maximum atomic E-state index is 4.96. The Kier molecular flexibility index (Phi) is 6.32. The Morgan fingerprint density at radius 3 is 2.09 bits per heavy atom. The average molecular weight is 695 g/mol. The number of hydrogen-bond donors (Lipinski definition) is 0. The van der Waals surface area contributed by atoms with Crippen LogP contribution in [0.1, 0.15) is 41.0 Å². The highest BCUT2D eigenvalue weighted by Crippen LogP contribution is 2.58. The molecule has 5 aromatic heterocycles. The Morgan fingerprint density at radius 1 is 0.593 bits per heavy atom. The lowest BCUT2D eigenvalue weighted by molar-refractivity contribution is 0.649. The molecule has 8 aromatic rings. The molecule has 0 amide bonds. The predicted molar refractivity (Wildman–Crippen MR) is 216 cm³/mol. The summed E-state index contributed by atoms with van der Waals surface area (Å²) >= 11 is 0. The first-order valence-corrected chi connectivity index (χ1v) is 18.9. The van der Waals surface area contributed by atoms with Gasteiger partial charge >= 0.3 is 0 Å². The van der Waals surface area contributed by atoms with Crippen LogP contribution in [0.25, 0.3) is 55.5 Å². The van der Waals surface area contributed by atoms with E-state index in [0.717, 1.165) is 48.4 Å². The summed E-state index contributed by atoms with van der Waals surface area (Å²) in [5, 5.41) is 2.57. The third-order valence-electron chi connectivity index (χ3n) is 12.2. The van der Waals surface area contributed by atoms with E-state index in [9.17, 15) is 0 Å². The van der Waals surface area contributed by atoms with Crippen molar-refractivity contribution in [3.05, 3.63) is 180 Å². The first kappa shape index (κ1) is 29.9. The lowest BCUT2D eigenvalue weighted by atomic mass is 9.66. The minimum Gasteiger partial charge on any atom is -0.318 e. The number of hydrogen-bond acceptors (Lipinski definition) is 5. The molecule has 0 radical (unpaired) electrons. The normalized spacial score (nSPS) is 18.1. The van der Waals surface area contributed by atoms with Crippen LogP contribution in [0.5, 0.6) is 0 Å². The Balaban J connectivity index is 1.10. The van der Waals surface area contributed by atoms with Crippen LogP contribution in [0.4, 0.5) is 11.5 Å². The van der Waals surface area contributed by atoms with Crippen molar-refractivity contribution in [1.29, 1.82) is 0 Å². The molecule has 6 nitrogen and oxygen atoms in total. The molecule has 256 valence electrons. The van der Waals surface area contributed by atoms with E-state index >= 15 is 0 Å². The number of pyridine rings is 4. The quantitative estimate of drug-likeness (QED) is 0.184. The van der Waals surface area contributed by atoms with Crippen LogP contribution >= 0.6 is 0 Å². The van der Waals surface area contributed by atoms with Crippen LogP contribution in [0.2, 0.25) is 0 Å². The van der Waals surface area contributed by atoms with Gasteiger partial charge in [-0.05, 0) is 148 Å². The second-order valence-corrected chi connectivity index (χ2v) is 14.9. The average Bonchev–Trinajstić information content (AvgIpc) is 3.76. The number of allylic oxidation sites excluding steroid dienone is 2. The molecule has 0 saturated heterocycles. The number of nitrogens with zero attached hydrogens (tertiary/aromatic N) is 6. The molecule has 0 bridgehead atoms. The zero-order valence-electron chi connectivity index (χ0n) is 29.5. The topological polar surface area (TPSA) is 59.7 Å². The molecule has 0 spiro atoms. The van der Waals surface area contributed by atoms with Gasteiger partial charge in [-0.25, -0.2) is 9.97 Å². The van der Waals surface area contributed by atoms with E-state index < -0.39 is 0 Å². The van der Waals surface area contributed by atoms with Crippen molar-refractivity contribution in [2.45, 2.75) is 37.6 Å². The maximum absolute atomic E-state index is 4.96. The standard InChI is InChI=1S/C48H34N6/c1-3-21-51-43(9-1)53-41-17-13-29(33-7-5-19-49-27-33)23-37(41)39-25-31-11-12-32-26-40-38-24-30(34-8-6-20-50-28-34)14-18-42(38)54(44-10-2-4-22-52-44)48(40)36-16-15-35(47(39)53)45(31)46(32)36/h1-10,13-14,17-28,39,47H,11-12,15-16H2. The highest BCUT2D eigenvalue weighted by molar-refractivity contribution is 6.13. The molecule has 0 fully saturated rings. The minimum absolute atomic E-state index is 0.163. The zero-order valence-corrected chi connectivity index (χ0v) is 29.5. The van der Waals surface area contributed by atoms with Gasteiger partial charge in [-0.2, -0.15) is 0 Å². The van der Waals surface area contributed by atoms with Crippen LogP contribution < -0.4 is 4.90 Å². The fourth-order valence-corrected chi connectivity index (χ4v) is 10.0. The monoisotopic (exact) mass is 694 g/mol. The van der Waals surface area contributed by atoms with Gasteiger partial charge < -0.3 is 4.90 Å². The van der Waals surface area contributed by atoms with Gasteiger partial charge in [0.2, 0.25) is 0 Å². The summed E-state index contributed by atoms with van der Waals surface area (Å²) in [5.74, 6) is 2.20. The Hall–Kier alpha value is -6.66. The number of rotatable bonds is 4. The van der Waals surface area contributed by atoms with E-state index in [2.05, 4.69) is 104 Å². The SMILES string of the molecule is C1=C2CCc3cc4c5cc(-c6cccnc6)ccc5n(-c5ccccn5)c4c4c3C2=C(CC4)C2C1c1cc(-c3cccnc3)ccc1N2c1ccccn1. The molecule has 0 saturated carbocycles. The molecule has 1 aliphatic heterocycles. The van der Waals surface area contributed by atoms with Gasteiger partial charge in [0.05, 0.1) is 17.1 Å². The second-order valence-electron chi connectivity index (χ2n) is 14.9. The van der Waals surface area contributed by atoms with Gasteiger partial charge in [-0.3, -0.25) is 14.5 Å². The van der Waals surface area contributed by atoms with Crippen molar-refractivity contribution in [2.75, 3.05) is 4.90 Å². The summed E-state index contributed by atoms with van der Waals surface area (Å²) in [6.45, 7) is 0. The Morgan fingerprint density at radius 2 is 1.35 bits per heavy atom. The van der Waals surface area contributed by atoms with Crippen LogP contribution in [0, 0.1) is 0 Å². The number of fused-ring (bicyclic) bond motifs is 8. The third kappa shape index (κ3) is 4.22. The fourth-order valence-electron chi connectivity index (χ4n) is 10.0. The van der Waals surface area contributed by atoms with Crippen LogP contribution in [0.3, 0.4) is 0 Å². The van der Waals surface area contributed by atoms with Crippen LogP contribution in [-0.2, 0) is 12.8 Å². The first-order chi connectivity index (χ1) is 26.8. The molecule has 3 aromatic carbocycles. The van der Waals surface area contributed by atoms with E-state index in [1.807, 2.05) is 61.4 Å². The second kappa shape index (κ2) is 11.4. The van der Waals surface area contributed by atoms with Crippen molar-refractivity contribution in [3.8, 4) is 28.1 Å². The third-order valence-corrected chi connectivity index (χ3v) is 12.2. The van der Waals surface area contributed by atoms with E-state index in [1.54, 1.807) is 5.57 Å². The number of benzene rings is 3. The predicted octanol–water partition coefficient (Wildman–Crippen LogP) is 10.6. The number of anilines is 2. The Bertz CT molecular complexity index is 2880. The molecule has 6 heteroatoms. The number of aryl methyl sites for hydroxylation is 2. The molecule has 3 aliphatic carbocycles. The summed E-state index contributed by atoms with van der Waals surface area (Å²) in [7, 11) is 0. The molecule has 6 heterocycles. The molecule has 12 rings (SSSR count). The highest BCUT2D eigenvalue weighted by Gasteiger charge is 2.47. The minimum atomic E-state index is 0.163. The summed E-state index contributed by atoms with van der Waals surface area (Å²) in [6, 6.07) is 37.4. The zero-order chi connectivity index (χ0) is 35.3. The molecule has 54 heavy (non-hydrogen) atoms. The van der Waals surface area contributed by atoms with E-state index in [4.69, 9.17) is 9.97 Å². The summed E-state index contributed by atoms with van der Waals surface area (Å²) in [6.07, 6.45) is 18.1.